The molecule has 0 aliphatic heterocycles. The number of fused-ring (bicyclic) bond motifs is 1. The van der Waals surface area contributed by atoms with E-state index >= 15 is 0 Å². The third-order valence-corrected chi connectivity index (χ3v) is 4.77. The highest BCUT2D eigenvalue weighted by Crippen LogP contribution is 2.35. The number of aryl methyl sites for hydroxylation is 1. The number of benzene rings is 1. The van der Waals surface area contributed by atoms with E-state index in [0.29, 0.717) is 0 Å². The van der Waals surface area contributed by atoms with Crippen LogP contribution in [-0.4, -0.2) is 12.6 Å². The van der Waals surface area contributed by atoms with E-state index in [1.807, 2.05) is 0 Å². The number of nitrogens with one attached hydrogen (secondary N) is 1. The summed E-state index contributed by atoms with van der Waals surface area (Å²) in [7, 11) is 0. The topological polar surface area (TPSA) is 12.0 Å². The predicted octanol–water partition coefficient (Wildman–Crippen LogP) is 5.06. The Bertz CT molecular complexity index is 385. The minimum Gasteiger partial charge on any atom is -0.314 e. The molecule has 0 fully saturated rings. The van der Waals surface area contributed by atoms with Crippen molar-refractivity contribution in [1.29, 1.82) is 0 Å². The maximum absolute atomic E-state index is 3.68. The van der Waals surface area contributed by atoms with Crippen molar-refractivity contribution in [2.24, 2.45) is 0 Å². The Balaban J connectivity index is 1.80. The lowest BCUT2D eigenvalue weighted by Gasteiger charge is -2.26. The quantitative estimate of drug-likeness (QED) is 0.698. The van der Waals surface area contributed by atoms with Gasteiger partial charge in [-0.1, -0.05) is 44.5 Å². The summed E-state index contributed by atoms with van der Waals surface area (Å²) in [4.78, 5) is 0. The van der Waals surface area contributed by atoms with Crippen LogP contribution in [0.4, 0.5) is 0 Å². The summed E-state index contributed by atoms with van der Waals surface area (Å²) < 4.78 is 0. The lowest BCUT2D eigenvalue weighted by molar-refractivity contribution is 0.423. The predicted molar refractivity (Wildman–Crippen MR) is 88.3 cm³/mol. The van der Waals surface area contributed by atoms with Crippen LogP contribution in [0.15, 0.2) is 24.3 Å². The van der Waals surface area contributed by atoms with Gasteiger partial charge in [-0.3, -0.25) is 0 Å². The molecule has 1 aromatic rings. The molecule has 112 valence electrons. The third-order valence-electron chi connectivity index (χ3n) is 4.77. The van der Waals surface area contributed by atoms with Gasteiger partial charge < -0.3 is 5.32 Å². The summed E-state index contributed by atoms with van der Waals surface area (Å²) in [6.45, 7) is 5.73. The van der Waals surface area contributed by atoms with Crippen LogP contribution in [0.1, 0.15) is 75.8 Å². The van der Waals surface area contributed by atoms with Crippen molar-refractivity contribution in [2.45, 2.75) is 77.2 Å². The van der Waals surface area contributed by atoms with E-state index < -0.39 is 0 Å². The molecule has 0 bridgehead atoms. The summed E-state index contributed by atoms with van der Waals surface area (Å²) in [5, 5.41) is 3.68. The van der Waals surface area contributed by atoms with E-state index in [-0.39, 0.29) is 0 Å². The molecule has 1 nitrogen and oxygen atoms in total. The zero-order valence-corrected chi connectivity index (χ0v) is 13.3. The Morgan fingerprint density at radius 1 is 1.25 bits per heavy atom. The van der Waals surface area contributed by atoms with Gasteiger partial charge >= 0.3 is 0 Å². The van der Waals surface area contributed by atoms with Gasteiger partial charge in [-0.2, -0.15) is 0 Å². The SMILES string of the molecule is CCCNC(CC)CCCC1CCCc2ccccc21. The van der Waals surface area contributed by atoms with Crippen LogP contribution in [0.25, 0.3) is 0 Å². The van der Waals surface area contributed by atoms with E-state index in [4.69, 9.17) is 0 Å². The summed E-state index contributed by atoms with van der Waals surface area (Å²) in [6, 6.07) is 9.84. The highest BCUT2D eigenvalue weighted by Gasteiger charge is 2.19. The smallest absolute Gasteiger partial charge is 0.00644 e. The van der Waals surface area contributed by atoms with E-state index in [0.717, 1.165) is 12.0 Å². The Morgan fingerprint density at radius 2 is 2.10 bits per heavy atom. The average Bonchev–Trinajstić information content (AvgIpc) is 2.51. The standard InChI is InChI=1S/C19H31N/c1-3-15-20-18(4-2)13-8-12-17-11-7-10-16-9-5-6-14-19(16)17/h5-6,9,14,17-18,20H,3-4,7-8,10-13,15H2,1-2H3. The van der Waals surface area contributed by atoms with Gasteiger partial charge in [-0.05, 0) is 68.5 Å². The van der Waals surface area contributed by atoms with E-state index in [1.54, 1.807) is 11.1 Å². The second-order valence-electron chi connectivity index (χ2n) is 6.28. The second-order valence-corrected chi connectivity index (χ2v) is 6.28. The molecule has 2 unspecified atom stereocenters. The van der Waals surface area contributed by atoms with Crippen molar-refractivity contribution in [3.63, 3.8) is 0 Å². The van der Waals surface area contributed by atoms with Gasteiger partial charge in [-0.25, -0.2) is 0 Å². The molecular formula is C19H31N. The Kier molecular flexibility index (Phi) is 6.59. The van der Waals surface area contributed by atoms with Gasteiger partial charge in [0.25, 0.3) is 0 Å². The summed E-state index contributed by atoms with van der Waals surface area (Å²) in [5.41, 5.74) is 3.26. The van der Waals surface area contributed by atoms with Crippen molar-refractivity contribution >= 4 is 0 Å². The Hall–Kier alpha value is -0.820. The maximum atomic E-state index is 3.68. The lowest BCUT2D eigenvalue weighted by atomic mass is 9.80. The fraction of sp³-hybridized carbons (Fsp3) is 0.684. The van der Waals surface area contributed by atoms with Gasteiger partial charge in [-0.15, -0.1) is 0 Å². The average molecular weight is 273 g/mol. The van der Waals surface area contributed by atoms with E-state index in [9.17, 15) is 0 Å². The number of hydrogen-bond acceptors (Lipinski definition) is 1. The van der Waals surface area contributed by atoms with E-state index in [2.05, 4.69) is 43.4 Å². The van der Waals surface area contributed by atoms with Crippen molar-refractivity contribution in [1.82, 2.24) is 5.32 Å². The Labute approximate surface area is 125 Å². The molecule has 1 heteroatoms. The first-order chi connectivity index (χ1) is 9.85. The van der Waals surface area contributed by atoms with Crippen LogP contribution in [0, 0.1) is 0 Å². The molecular weight excluding hydrogens is 242 g/mol. The molecule has 2 rings (SSSR count). The molecule has 20 heavy (non-hydrogen) atoms. The zero-order chi connectivity index (χ0) is 14.2. The van der Waals surface area contributed by atoms with Gasteiger partial charge in [0.05, 0.1) is 0 Å². The molecule has 0 heterocycles. The molecule has 0 saturated heterocycles. The highest BCUT2D eigenvalue weighted by atomic mass is 14.9. The fourth-order valence-electron chi connectivity index (χ4n) is 3.56. The molecule has 1 aromatic carbocycles. The van der Waals surface area contributed by atoms with Crippen LogP contribution in [0.2, 0.25) is 0 Å². The zero-order valence-electron chi connectivity index (χ0n) is 13.3. The van der Waals surface area contributed by atoms with Gasteiger partial charge in [0.15, 0.2) is 0 Å². The molecule has 1 aliphatic rings. The number of hydrogen-bond donors (Lipinski definition) is 1. The van der Waals surface area contributed by atoms with Crippen LogP contribution < -0.4 is 5.32 Å². The van der Waals surface area contributed by atoms with Crippen molar-refractivity contribution in [3.05, 3.63) is 35.4 Å². The number of rotatable bonds is 8. The molecule has 0 radical (unpaired) electrons. The summed E-state index contributed by atoms with van der Waals surface area (Å²) >= 11 is 0. The normalized spacial score (nSPS) is 19.6. The maximum Gasteiger partial charge on any atom is 0.00644 e. The fourth-order valence-corrected chi connectivity index (χ4v) is 3.56. The third kappa shape index (κ3) is 4.34. The first-order valence-electron chi connectivity index (χ1n) is 8.66. The van der Waals surface area contributed by atoms with Gasteiger partial charge in [0.2, 0.25) is 0 Å². The van der Waals surface area contributed by atoms with E-state index in [1.165, 1.54) is 57.9 Å². The largest absolute Gasteiger partial charge is 0.314 e. The molecule has 0 amide bonds. The van der Waals surface area contributed by atoms with Crippen LogP contribution in [0.5, 0.6) is 0 Å². The van der Waals surface area contributed by atoms with Crippen molar-refractivity contribution < 1.29 is 0 Å². The second kappa shape index (κ2) is 8.46. The van der Waals surface area contributed by atoms with Crippen LogP contribution in [0.3, 0.4) is 0 Å². The van der Waals surface area contributed by atoms with Crippen molar-refractivity contribution in [3.8, 4) is 0 Å². The molecule has 1 aliphatic carbocycles. The van der Waals surface area contributed by atoms with Crippen LogP contribution in [-0.2, 0) is 6.42 Å². The van der Waals surface area contributed by atoms with Crippen molar-refractivity contribution in [2.75, 3.05) is 6.54 Å². The van der Waals surface area contributed by atoms with Gasteiger partial charge in [0.1, 0.15) is 0 Å². The molecule has 0 spiro atoms. The minimum atomic E-state index is 0.730. The molecule has 0 saturated carbocycles. The van der Waals surface area contributed by atoms with Crippen LogP contribution >= 0.6 is 0 Å². The monoisotopic (exact) mass is 273 g/mol. The molecule has 0 aromatic heterocycles. The first kappa shape index (κ1) is 15.6. The summed E-state index contributed by atoms with van der Waals surface area (Å²) in [5.74, 6) is 0.823. The first-order valence-corrected chi connectivity index (χ1v) is 8.66. The Morgan fingerprint density at radius 3 is 2.90 bits per heavy atom. The highest BCUT2D eigenvalue weighted by molar-refractivity contribution is 5.32. The van der Waals surface area contributed by atoms with Gasteiger partial charge in [0, 0.05) is 6.04 Å². The molecule has 2 atom stereocenters. The lowest BCUT2D eigenvalue weighted by Crippen LogP contribution is -2.29. The minimum absolute atomic E-state index is 0.730. The molecule has 1 N–H and O–H groups in total. The summed E-state index contributed by atoms with van der Waals surface area (Å²) in [6.07, 6.45) is 10.7.